The van der Waals surface area contributed by atoms with Crippen LogP contribution in [0.5, 0.6) is 5.75 Å². The minimum absolute atomic E-state index is 0.289. The quantitative estimate of drug-likeness (QED) is 0.879. The zero-order valence-corrected chi connectivity index (χ0v) is 10.5. The number of halogens is 1. The summed E-state index contributed by atoms with van der Waals surface area (Å²) < 4.78 is 20.8. The third kappa shape index (κ3) is 3.07. The second-order valence-electron chi connectivity index (χ2n) is 4.11. The molecule has 2 rings (SSSR count). The molecule has 18 heavy (non-hydrogen) atoms. The monoisotopic (exact) mass is 249 g/mol. The molecule has 0 saturated heterocycles. The van der Waals surface area contributed by atoms with E-state index < -0.39 is 0 Å². The summed E-state index contributed by atoms with van der Waals surface area (Å²) in [5.74, 6) is 0.240. The number of hydrogen-bond donors (Lipinski definition) is 1. The van der Waals surface area contributed by atoms with Crippen LogP contribution >= 0.6 is 0 Å². The van der Waals surface area contributed by atoms with Crippen molar-refractivity contribution in [2.75, 3.05) is 7.05 Å². The lowest BCUT2D eigenvalue weighted by Crippen LogP contribution is -2.06. The van der Waals surface area contributed by atoms with E-state index in [0.717, 1.165) is 11.3 Å². The van der Waals surface area contributed by atoms with Gasteiger partial charge in [-0.25, -0.2) is 9.37 Å². The number of aryl methyl sites for hydroxylation is 1. The molecule has 4 nitrogen and oxygen atoms in total. The number of nitrogens with zero attached hydrogens (tertiary/aromatic N) is 2. The van der Waals surface area contributed by atoms with Gasteiger partial charge in [0.05, 0.1) is 18.2 Å². The fraction of sp³-hybridized carbons (Fsp3) is 0.308. The molecule has 0 aliphatic heterocycles. The van der Waals surface area contributed by atoms with E-state index in [1.807, 2.05) is 24.7 Å². The molecule has 2 aromatic rings. The molecule has 5 heteroatoms. The van der Waals surface area contributed by atoms with Crippen LogP contribution in [0.25, 0.3) is 0 Å². The summed E-state index contributed by atoms with van der Waals surface area (Å²) >= 11 is 0. The Balaban J connectivity index is 2.07. The number of ether oxygens (including phenoxy) is 1. The van der Waals surface area contributed by atoms with Crippen molar-refractivity contribution in [2.45, 2.75) is 13.2 Å². The third-order valence-electron chi connectivity index (χ3n) is 2.62. The molecule has 1 aromatic carbocycles. The molecule has 0 aliphatic carbocycles. The summed E-state index contributed by atoms with van der Waals surface area (Å²) in [5.41, 5.74) is 1.80. The first-order chi connectivity index (χ1) is 8.69. The number of aromatic nitrogens is 2. The topological polar surface area (TPSA) is 39.1 Å². The van der Waals surface area contributed by atoms with Gasteiger partial charge in [-0.15, -0.1) is 0 Å². The molecule has 0 atom stereocenters. The van der Waals surface area contributed by atoms with Crippen molar-refractivity contribution in [3.63, 3.8) is 0 Å². The Labute approximate surface area is 105 Å². The summed E-state index contributed by atoms with van der Waals surface area (Å²) in [6, 6.07) is 4.71. The van der Waals surface area contributed by atoms with Gasteiger partial charge in [0, 0.05) is 19.7 Å². The Bertz CT molecular complexity index is 525. The fourth-order valence-corrected chi connectivity index (χ4v) is 1.69. The van der Waals surface area contributed by atoms with Crippen LogP contribution in [0.3, 0.4) is 0 Å². The van der Waals surface area contributed by atoms with E-state index in [1.54, 1.807) is 12.5 Å². The first-order valence-electron chi connectivity index (χ1n) is 5.71. The molecule has 1 N–H and O–H groups in total. The molecule has 1 aromatic heterocycles. The average molecular weight is 249 g/mol. The Morgan fingerprint density at radius 2 is 2.22 bits per heavy atom. The van der Waals surface area contributed by atoms with E-state index >= 15 is 0 Å². The second kappa shape index (κ2) is 5.64. The summed E-state index contributed by atoms with van der Waals surface area (Å²) in [7, 11) is 3.71. The Morgan fingerprint density at radius 3 is 2.89 bits per heavy atom. The van der Waals surface area contributed by atoms with Gasteiger partial charge < -0.3 is 14.6 Å². The molecular weight excluding hydrogens is 233 g/mol. The van der Waals surface area contributed by atoms with Crippen molar-refractivity contribution < 1.29 is 9.13 Å². The first kappa shape index (κ1) is 12.6. The van der Waals surface area contributed by atoms with Crippen molar-refractivity contribution in [1.29, 1.82) is 0 Å². The predicted molar refractivity (Wildman–Crippen MR) is 66.7 cm³/mol. The molecule has 0 bridgehead atoms. The zero-order valence-electron chi connectivity index (χ0n) is 10.5. The van der Waals surface area contributed by atoms with Gasteiger partial charge in [-0.3, -0.25) is 0 Å². The van der Waals surface area contributed by atoms with E-state index in [1.165, 1.54) is 12.1 Å². The van der Waals surface area contributed by atoms with Crippen LogP contribution in [0.1, 0.15) is 11.3 Å². The minimum atomic E-state index is -0.289. The van der Waals surface area contributed by atoms with Crippen molar-refractivity contribution in [3.8, 4) is 5.75 Å². The summed E-state index contributed by atoms with van der Waals surface area (Å²) in [4.78, 5) is 4.00. The maximum absolute atomic E-state index is 13.4. The average Bonchev–Trinajstić information content (AvgIpc) is 2.72. The Kier molecular flexibility index (Phi) is 3.94. The normalized spacial score (nSPS) is 10.6. The molecule has 0 radical (unpaired) electrons. The molecule has 0 amide bonds. The van der Waals surface area contributed by atoms with Gasteiger partial charge in [-0.05, 0) is 24.7 Å². The number of hydrogen-bond acceptors (Lipinski definition) is 3. The van der Waals surface area contributed by atoms with Gasteiger partial charge >= 0.3 is 0 Å². The fourth-order valence-electron chi connectivity index (χ4n) is 1.69. The number of rotatable bonds is 5. The van der Waals surface area contributed by atoms with E-state index in [2.05, 4.69) is 10.3 Å². The predicted octanol–water partition coefficient (Wildman–Crippen LogP) is 1.86. The SMILES string of the molecule is CNCc1cc(F)cc(OCc2cncn2C)c1. The summed E-state index contributed by atoms with van der Waals surface area (Å²) in [5, 5.41) is 2.98. The highest BCUT2D eigenvalue weighted by molar-refractivity contribution is 5.29. The molecule has 0 fully saturated rings. The largest absolute Gasteiger partial charge is 0.487 e. The first-order valence-corrected chi connectivity index (χ1v) is 5.71. The molecule has 0 unspecified atom stereocenters. The lowest BCUT2D eigenvalue weighted by atomic mass is 10.2. The van der Waals surface area contributed by atoms with Crippen LogP contribution in [-0.2, 0) is 20.2 Å². The van der Waals surface area contributed by atoms with Gasteiger partial charge in [0.25, 0.3) is 0 Å². The highest BCUT2D eigenvalue weighted by Gasteiger charge is 2.03. The molecule has 0 aliphatic rings. The van der Waals surface area contributed by atoms with Crippen LogP contribution in [0.2, 0.25) is 0 Å². The highest BCUT2D eigenvalue weighted by Crippen LogP contribution is 2.17. The van der Waals surface area contributed by atoms with Gasteiger partial charge in [0.2, 0.25) is 0 Å². The van der Waals surface area contributed by atoms with E-state index in [4.69, 9.17) is 4.74 Å². The second-order valence-corrected chi connectivity index (χ2v) is 4.11. The van der Waals surface area contributed by atoms with Crippen LogP contribution < -0.4 is 10.1 Å². The Hall–Kier alpha value is -1.88. The van der Waals surface area contributed by atoms with E-state index in [9.17, 15) is 4.39 Å². The summed E-state index contributed by atoms with van der Waals surface area (Å²) in [6.07, 6.45) is 3.44. The van der Waals surface area contributed by atoms with Crippen LogP contribution in [-0.4, -0.2) is 16.6 Å². The number of nitrogens with one attached hydrogen (secondary N) is 1. The standard InChI is InChI=1S/C13H16FN3O/c1-15-6-10-3-11(14)5-13(4-10)18-8-12-7-16-9-17(12)2/h3-5,7,9,15H,6,8H2,1-2H3. The third-order valence-corrected chi connectivity index (χ3v) is 2.62. The van der Waals surface area contributed by atoms with Gasteiger partial charge in [-0.1, -0.05) is 0 Å². The maximum Gasteiger partial charge on any atom is 0.130 e. The molecular formula is C13H16FN3O. The number of benzene rings is 1. The molecule has 1 heterocycles. The van der Waals surface area contributed by atoms with Crippen LogP contribution in [0.15, 0.2) is 30.7 Å². The zero-order chi connectivity index (χ0) is 13.0. The van der Waals surface area contributed by atoms with Crippen LogP contribution in [0.4, 0.5) is 4.39 Å². The highest BCUT2D eigenvalue weighted by atomic mass is 19.1. The van der Waals surface area contributed by atoms with Gasteiger partial charge in [0.15, 0.2) is 0 Å². The lowest BCUT2D eigenvalue weighted by Gasteiger charge is -2.09. The van der Waals surface area contributed by atoms with E-state index in [-0.39, 0.29) is 5.82 Å². The summed E-state index contributed by atoms with van der Waals surface area (Å²) in [6.45, 7) is 0.985. The minimum Gasteiger partial charge on any atom is -0.487 e. The van der Waals surface area contributed by atoms with Crippen molar-refractivity contribution in [2.24, 2.45) is 7.05 Å². The van der Waals surface area contributed by atoms with Gasteiger partial charge in [0.1, 0.15) is 18.2 Å². The van der Waals surface area contributed by atoms with E-state index in [0.29, 0.717) is 18.9 Å². The smallest absolute Gasteiger partial charge is 0.130 e. The number of imidazole rings is 1. The Morgan fingerprint density at radius 1 is 1.39 bits per heavy atom. The molecule has 96 valence electrons. The van der Waals surface area contributed by atoms with Crippen molar-refractivity contribution in [1.82, 2.24) is 14.9 Å². The van der Waals surface area contributed by atoms with Crippen molar-refractivity contribution in [3.05, 3.63) is 47.8 Å². The molecule has 0 spiro atoms. The van der Waals surface area contributed by atoms with Gasteiger partial charge in [-0.2, -0.15) is 0 Å². The van der Waals surface area contributed by atoms with Crippen molar-refractivity contribution >= 4 is 0 Å². The molecule has 0 saturated carbocycles. The van der Waals surface area contributed by atoms with Crippen LogP contribution in [0, 0.1) is 5.82 Å². The lowest BCUT2D eigenvalue weighted by molar-refractivity contribution is 0.295. The maximum atomic E-state index is 13.4.